The van der Waals surface area contributed by atoms with Crippen molar-refractivity contribution in [3.8, 4) is 5.75 Å². The second-order valence-corrected chi connectivity index (χ2v) is 7.27. The highest BCUT2D eigenvalue weighted by Crippen LogP contribution is 2.29. The van der Waals surface area contributed by atoms with Crippen LogP contribution in [0.15, 0.2) is 4.79 Å². The minimum absolute atomic E-state index is 0.187. The summed E-state index contributed by atoms with van der Waals surface area (Å²) in [6.45, 7) is 2.03. The zero-order chi connectivity index (χ0) is 15.8. The fourth-order valence-corrected chi connectivity index (χ4v) is 3.14. The van der Waals surface area contributed by atoms with E-state index in [2.05, 4.69) is 4.98 Å². The largest absolute Gasteiger partial charge is 0.375 e. The topological polar surface area (TPSA) is 81.5 Å². The van der Waals surface area contributed by atoms with Crippen LogP contribution in [-0.4, -0.2) is 35.7 Å². The summed E-state index contributed by atoms with van der Waals surface area (Å²) in [5.74, 6) is 0.312. The lowest BCUT2D eigenvalue weighted by atomic mass is 10.1. The van der Waals surface area contributed by atoms with Gasteiger partial charge in [-0.2, -0.15) is 8.42 Å². The predicted octanol–water partition coefficient (Wildman–Crippen LogP) is 1.20. The fourth-order valence-electron chi connectivity index (χ4n) is 2.46. The lowest BCUT2D eigenvalue weighted by Crippen LogP contribution is -2.31. The summed E-state index contributed by atoms with van der Waals surface area (Å²) >= 11 is 6.06. The Kier molecular flexibility index (Phi) is 4.60. The van der Waals surface area contributed by atoms with Gasteiger partial charge in [0.25, 0.3) is 5.56 Å². The van der Waals surface area contributed by atoms with E-state index >= 15 is 0 Å². The quantitative estimate of drug-likeness (QED) is 0.610. The molecule has 1 aliphatic heterocycles. The van der Waals surface area contributed by atoms with Gasteiger partial charge in [-0.05, 0) is 38.0 Å². The van der Waals surface area contributed by atoms with Crippen molar-refractivity contribution in [2.75, 3.05) is 13.3 Å². The van der Waals surface area contributed by atoms with Crippen LogP contribution in [0.25, 0.3) is 0 Å². The van der Waals surface area contributed by atoms with Crippen molar-refractivity contribution in [2.45, 2.75) is 38.8 Å². The van der Waals surface area contributed by atoms with Crippen molar-refractivity contribution in [1.29, 1.82) is 0 Å². The first kappa shape index (κ1) is 16.3. The monoisotopic (exact) mass is 335 g/mol. The summed E-state index contributed by atoms with van der Waals surface area (Å²) in [7, 11) is -2.06. The first-order valence-electron chi connectivity index (χ1n) is 6.60. The SMILES string of the molecule is Cc1nc2n(c(=O)c1OS(C)(=O)=O)CCCCC2N(C)Cl. The van der Waals surface area contributed by atoms with Crippen molar-refractivity contribution in [3.05, 3.63) is 21.9 Å². The Hall–Kier alpha value is -1.12. The van der Waals surface area contributed by atoms with Crippen molar-refractivity contribution in [1.82, 2.24) is 14.0 Å². The van der Waals surface area contributed by atoms with E-state index in [1.54, 1.807) is 14.0 Å². The minimum Gasteiger partial charge on any atom is -0.375 e. The Morgan fingerprint density at radius 1 is 1.43 bits per heavy atom. The second kappa shape index (κ2) is 5.94. The summed E-state index contributed by atoms with van der Waals surface area (Å²) in [4.78, 5) is 16.9. The van der Waals surface area contributed by atoms with E-state index in [0.717, 1.165) is 25.5 Å². The van der Waals surface area contributed by atoms with E-state index in [9.17, 15) is 13.2 Å². The Bertz CT molecular complexity index is 699. The Balaban J connectivity index is 2.62. The van der Waals surface area contributed by atoms with Crippen LogP contribution in [0, 0.1) is 6.92 Å². The molecule has 0 saturated carbocycles. The van der Waals surface area contributed by atoms with Crippen LogP contribution in [0.5, 0.6) is 5.75 Å². The molecule has 118 valence electrons. The number of aromatic nitrogens is 2. The second-order valence-electron chi connectivity index (χ2n) is 5.17. The van der Waals surface area contributed by atoms with E-state index in [0.29, 0.717) is 12.4 Å². The first-order chi connectivity index (χ1) is 9.70. The van der Waals surface area contributed by atoms with Gasteiger partial charge in [0.1, 0.15) is 5.82 Å². The molecule has 1 atom stereocenters. The molecule has 1 unspecified atom stereocenters. The zero-order valence-electron chi connectivity index (χ0n) is 12.2. The number of hydrogen-bond acceptors (Lipinski definition) is 6. The molecule has 2 rings (SSSR count). The summed E-state index contributed by atoms with van der Waals surface area (Å²) in [6.07, 6.45) is 3.40. The van der Waals surface area contributed by atoms with Crippen molar-refractivity contribution in [3.63, 3.8) is 0 Å². The lowest BCUT2D eigenvalue weighted by molar-refractivity contribution is 0.358. The maximum atomic E-state index is 12.5. The maximum absolute atomic E-state index is 12.5. The molecule has 1 aromatic rings. The molecule has 7 nitrogen and oxygen atoms in total. The average Bonchev–Trinajstić information content (AvgIpc) is 2.55. The van der Waals surface area contributed by atoms with Gasteiger partial charge < -0.3 is 4.18 Å². The van der Waals surface area contributed by atoms with Crippen LogP contribution in [0.2, 0.25) is 0 Å². The van der Waals surface area contributed by atoms with Gasteiger partial charge in [0.2, 0.25) is 5.75 Å². The number of nitrogens with zero attached hydrogens (tertiary/aromatic N) is 3. The Morgan fingerprint density at radius 3 is 2.67 bits per heavy atom. The smallest absolute Gasteiger partial charge is 0.306 e. The first-order valence-corrected chi connectivity index (χ1v) is 8.75. The molecule has 0 saturated heterocycles. The van der Waals surface area contributed by atoms with E-state index in [1.807, 2.05) is 0 Å². The van der Waals surface area contributed by atoms with E-state index in [-0.39, 0.29) is 17.5 Å². The average molecular weight is 336 g/mol. The zero-order valence-corrected chi connectivity index (χ0v) is 13.7. The van der Waals surface area contributed by atoms with E-state index < -0.39 is 15.7 Å². The van der Waals surface area contributed by atoms with Gasteiger partial charge in [0.15, 0.2) is 0 Å². The highest BCUT2D eigenvalue weighted by Gasteiger charge is 2.27. The molecular formula is C12H18ClN3O4S. The third-order valence-corrected chi connectivity index (χ3v) is 4.10. The third-order valence-electron chi connectivity index (χ3n) is 3.40. The van der Waals surface area contributed by atoms with Gasteiger partial charge in [0, 0.05) is 13.6 Å². The van der Waals surface area contributed by atoms with Crippen LogP contribution in [0.1, 0.15) is 36.8 Å². The minimum atomic E-state index is -3.78. The van der Waals surface area contributed by atoms with Gasteiger partial charge in [-0.15, -0.1) is 0 Å². The van der Waals surface area contributed by atoms with Crippen molar-refractivity contribution in [2.24, 2.45) is 0 Å². The van der Waals surface area contributed by atoms with E-state index in [1.165, 1.54) is 8.99 Å². The summed E-state index contributed by atoms with van der Waals surface area (Å²) in [6, 6.07) is -0.187. The van der Waals surface area contributed by atoms with Crippen LogP contribution in [-0.2, 0) is 16.7 Å². The summed E-state index contributed by atoms with van der Waals surface area (Å²) in [5.41, 5.74) is -0.226. The molecule has 9 heteroatoms. The van der Waals surface area contributed by atoms with Gasteiger partial charge >= 0.3 is 10.1 Å². The molecule has 2 heterocycles. The van der Waals surface area contributed by atoms with Crippen molar-refractivity contribution >= 4 is 21.9 Å². The molecule has 0 bridgehead atoms. The van der Waals surface area contributed by atoms with Gasteiger partial charge in [0.05, 0.1) is 18.0 Å². The third kappa shape index (κ3) is 3.56. The highest BCUT2D eigenvalue weighted by molar-refractivity contribution is 7.86. The number of rotatable bonds is 3. The summed E-state index contributed by atoms with van der Waals surface area (Å²) in [5, 5.41) is 0. The van der Waals surface area contributed by atoms with Crippen LogP contribution < -0.4 is 9.74 Å². The molecule has 21 heavy (non-hydrogen) atoms. The standard InChI is InChI=1S/C12H18ClN3O4S/c1-8-10(20-21(3,18)19)12(17)16-7-5-4-6-9(15(2)13)11(16)14-8/h9H,4-7H2,1-3H3. The Morgan fingerprint density at radius 2 is 2.10 bits per heavy atom. The summed E-state index contributed by atoms with van der Waals surface area (Å²) < 4.78 is 30.3. The lowest BCUT2D eigenvalue weighted by Gasteiger charge is -2.22. The molecule has 0 aromatic carbocycles. The Labute approximate surface area is 128 Å². The molecule has 1 aromatic heterocycles. The van der Waals surface area contributed by atoms with Gasteiger partial charge in [-0.3, -0.25) is 9.36 Å². The molecule has 0 N–H and O–H groups in total. The molecule has 0 fully saturated rings. The maximum Gasteiger partial charge on any atom is 0.306 e. The number of hydrogen-bond donors (Lipinski definition) is 0. The molecule has 0 spiro atoms. The normalized spacial score (nSPS) is 19.2. The molecule has 0 amide bonds. The van der Waals surface area contributed by atoms with Gasteiger partial charge in [-0.25, -0.2) is 9.40 Å². The van der Waals surface area contributed by atoms with Crippen molar-refractivity contribution < 1.29 is 12.6 Å². The van der Waals surface area contributed by atoms with E-state index in [4.69, 9.17) is 16.0 Å². The molecule has 0 aliphatic carbocycles. The van der Waals surface area contributed by atoms with Gasteiger partial charge in [-0.1, -0.05) is 0 Å². The molecule has 1 aliphatic rings. The van der Waals surface area contributed by atoms with Crippen LogP contribution >= 0.6 is 11.8 Å². The number of halogens is 1. The van der Waals surface area contributed by atoms with Crippen LogP contribution in [0.4, 0.5) is 0 Å². The highest BCUT2D eigenvalue weighted by atomic mass is 35.5. The molecule has 0 radical (unpaired) electrons. The van der Waals surface area contributed by atoms with Crippen LogP contribution in [0.3, 0.4) is 0 Å². The fraction of sp³-hybridized carbons (Fsp3) is 0.667. The predicted molar refractivity (Wildman–Crippen MR) is 78.9 cm³/mol. The number of aryl methyl sites for hydroxylation is 1. The molecular weight excluding hydrogens is 318 g/mol. The number of fused-ring (bicyclic) bond motifs is 1.